The van der Waals surface area contributed by atoms with Crippen LogP contribution in [-0.2, 0) is 6.42 Å². The average Bonchev–Trinajstić information content (AvgIpc) is 2.89. The van der Waals surface area contributed by atoms with Crippen LogP contribution in [0.2, 0.25) is 0 Å². The Bertz CT molecular complexity index is 351. The zero-order chi connectivity index (χ0) is 12.4. The van der Waals surface area contributed by atoms with Crippen LogP contribution in [0.25, 0.3) is 0 Å². The Morgan fingerprint density at radius 2 is 2.00 bits per heavy atom. The van der Waals surface area contributed by atoms with Crippen LogP contribution in [0.1, 0.15) is 38.3 Å². The van der Waals surface area contributed by atoms with E-state index in [-0.39, 0.29) is 6.04 Å². The minimum absolute atomic E-state index is 0.252. The predicted molar refractivity (Wildman–Crippen MR) is 69.8 cm³/mol. The summed E-state index contributed by atoms with van der Waals surface area (Å²) in [6, 6.07) is 4.41. The van der Waals surface area contributed by atoms with Crippen LogP contribution < -0.4 is 5.73 Å². The fourth-order valence-corrected chi connectivity index (χ4v) is 2.64. The molecule has 3 nitrogen and oxygen atoms in total. The molecule has 3 atom stereocenters. The van der Waals surface area contributed by atoms with Crippen molar-refractivity contribution in [3.8, 4) is 0 Å². The molecule has 1 aromatic rings. The molecule has 0 amide bonds. The van der Waals surface area contributed by atoms with Gasteiger partial charge >= 0.3 is 0 Å². The highest BCUT2D eigenvalue weighted by atomic mass is 16.3. The summed E-state index contributed by atoms with van der Waals surface area (Å²) >= 11 is 0. The smallest absolute Gasteiger partial charge is 0.122 e. The predicted octanol–water partition coefficient (Wildman–Crippen LogP) is 2.43. The molecular formula is C14H24N2O. The van der Waals surface area contributed by atoms with Crippen molar-refractivity contribution in [3.63, 3.8) is 0 Å². The molecule has 1 saturated heterocycles. The first-order chi connectivity index (χ1) is 8.15. The SMILES string of the molecule is CCc1ccc(C(CN)N2CC(C)C(C)C2)o1. The maximum Gasteiger partial charge on any atom is 0.122 e. The van der Waals surface area contributed by atoms with Gasteiger partial charge in [0.25, 0.3) is 0 Å². The first kappa shape index (κ1) is 12.7. The molecule has 96 valence electrons. The van der Waals surface area contributed by atoms with Crippen LogP contribution in [-0.4, -0.2) is 24.5 Å². The van der Waals surface area contributed by atoms with Gasteiger partial charge in [0.05, 0.1) is 6.04 Å². The third kappa shape index (κ3) is 2.55. The lowest BCUT2D eigenvalue weighted by atomic mass is 10.0. The van der Waals surface area contributed by atoms with Gasteiger partial charge in [-0.05, 0) is 24.0 Å². The lowest BCUT2D eigenvalue weighted by Crippen LogP contribution is -2.32. The Labute approximate surface area is 104 Å². The standard InChI is InChI=1S/C14H24N2O/c1-4-12-5-6-14(17-12)13(7-15)16-8-10(2)11(3)9-16/h5-6,10-11,13H,4,7-9,15H2,1-3H3. The number of rotatable bonds is 4. The molecule has 2 N–H and O–H groups in total. The van der Waals surface area contributed by atoms with Crippen molar-refractivity contribution in [1.82, 2.24) is 4.90 Å². The third-order valence-electron chi connectivity index (χ3n) is 4.04. The number of hydrogen-bond acceptors (Lipinski definition) is 3. The molecule has 1 aliphatic rings. The second-order valence-electron chi connectivity index (χ2n) is 5.32. The minimum Gasteiger partial charge on any atom is -0.464 e. The van der Waals surface area contributed by atoms with Gasteiger partial charge in [0.1, 0.15) is 11.5 Å². The maximum atomic E-state index is 5.92. The number of nitrogens with two attached hydrogens (primary N) is 1. The number of furan rings is 1. The van der Waals surface area contributed by atoms with Gasteiger partial charge in [0, 0.05) is 26.1 Å². The first-order valence-electron chi connectivity index (χ1n) is 6.68. The number of likely N-dealkylation sites (tertiary alicyclic amines) is 1. The lowest BCUT2D eigenvalue weighted by Gasteiger charge is -2.24. The topological polar surface area (TPSA) is 42.4 Å². The van der Waals surface area contributed by atoms with Gasteiger partial charge in [0.15, 0.2) is 0 Å². The van der Waals surface area contributed by atoms with Gasteiger partial charge < -0.3 is 10.2 Å². The monoisotopic (exact) mass is 236 g/mol. The zero-order valence-corrected chi connectivity index (χ0v) is 11.1. The van der Waals surface area contributed by atoms with Crippen LogP contribution in [0, 0.1) is 11.8 Å². The molecule has 0 spiro atoms. The molecule has 0 aromatic carbocycles. The summed E-state index contributed by atoms with van der Waals surface area (Å²) in [7, 11) is 0. The van der Waals surface area contributed by atoms with Crippen molar-refractivity contribution in [2.75, 3.05) is 19.6 Å². The molecule has 2 rings (SSSR count). The Kier molecular flexibility index (Phi) is 3.89. The highest BCUT2D eigenvalue weighted by molar-refractivity contribution is 5.12. The molecule has 3 unspecified atom stereocenters. The summed E-state index contributed by atoms with van der Waals surface area (Å²) in [4.78, 5) is 2.47. The Balaban J connectivity index is 2.11. The summed E-state index contributed by atoms with van der Waals surface area (Å²) < 4.78 is 5.85. The molecule has 3 heteroatoms. The van der Waals surface area contributed by atoms with Crippen LogP contribution in [0.3, 0.4) is 0 Å². The molecule has 1 aliphatic heterocycles. The molecular weight excluding hydrogens is 212 g/mol. The molecule has 2 heterocycles. The van der Waals surface area contributed by atoms with Gasteiger partial charge in [0.2, 0.25) is 0 Å². The Morgan fingerprint density at radius 1 is 1.35 bits per heavy atom. The number of nitrogens with zero attached hydrogens (tertiary/aromatic N) is 1. The zero-order valence-electron chi connectivity index (χ0n) is 11.1. The largest absolute Gasteiger partial charge is 0.464 e. The first-order valence-corrected chi connectivity index (χ1v) is 6.68. The van der Waals surface area contributed by atoms with Crippen LogP contribution in [0.15, 0.2) is 16.5 Å². The second kappa shape index (κ2) is 5.23. The second-order valence-corrected chi connectivity index (χ2v) is 5.32. The van der Waals surface area contributed by atoms with E-state index in [9.17, 15) is 0 Å². The molecule has 0 aliphatic carbocycles. The van der Waals surface area contributed by atoms with Crippen molar-refractivity contribution in [2.45, 2.75) is 33.2 Å². The van der Waals surface area contributed by atoms with E-state index in [1.165, 1.54) is 0 Å². The molecule has 0 saturated carbocycles. The fourth-order valence-electron chi connectivity index (χ4n) is 2.64. The van der Waals surface area contributed by atoms with E-state index in [1.807, 2.05) is 0 Å². The highest BCUT2D eigenvalue weighted by Gasteiger charge is 2.32. The summed E-state index contributed by atoms with van der Waals surface area (Å²) in [5, 5.41) is 0. The fraction of sp³-hybridized carbons (Fsp3) is 0.714. The van der Waals surface area contributed by atoms with Crippen molar-refractivity contribution >= 4 is 0 Å². The summed E-state index contributed by atoms with van der Waals surface area (Å²) in [6.07, 6.45) is 0.949. The molecule has 0 radical (unpaired) electrons. The number of aryl methyl sites for hydroxylation is 1. The van der Waals surface area contributed by atoms with Gasteiger partial charge in [-0.1, -0.05) is 20.8 Å². The van der Waals surface area contributed by atoms with Crippen LogP contribution in [0.5, 0.6) is 0 Å². The Hall–Kier alpha value is -0.800. The van der Waals surface area contributed by atoms with Gasteiger partial charge in [-0.25, -0.2) is 0 Å². The molecule has 17 heavy (non-hydrogen) atoms. The van der Waals surface area contributed by atoms with Gasteiger partial charge in [-0.3, -0.25) is 4.90 Å². The van der Waals surface area contributed by atoms with Crippen molar-refractivity contribution in [2.24, 2.45) is 17.6 Å². The summed E-state index contributed by atoms with van der Waals surface area (Å²) in [5.74, 6) is 3.60. The average molecular weight is 236 g/mol. The normalized spacial score (nSPS) is 27.5. The Morgan fingerprint density at radius 3 is 2.47 bits per heavy atom. The maximum absolute atomic E-state index is 5.92. The summed E-state index contributed by atoms with van der Waals surface area (Å²) in [5.41, 5.74) is 5.92. The third-order valence-corrected chi connectivity index (χ3v) is 4.04. The molecule has 1 aromatic heterocycles. The van der Waals surface area contributed by atoms with Gasteiger partial charge in [-0.15, -0.1) is 0 Å². The van der Waals surface area contributed by atoms with Crippen molar-refractivity contribution in [3.05, 3.63) is 23.7 Å². The van der Waals surface area contributed by atoms with Crippen LogP contribution >= 0.6 is 0 Å². The quantitative estimate of drug-likeness (QED) is 0.873. The summed E-state index contributed by atoms with van der Waals surface area (Å²) in [6.45, 7) is 9.64. The molecule has 1 fully saturated rings. The van der Waals surface area contributed by atoms with E-state index < -0.39 is 0 Å². The van der Waals surface area contributed by atoms with E-state index in [4.69, 9.17) is 10.2 Å². The lowest BCUT2D eigenvalue weighted by molar-refractivity contribution is 0.209. The van der Waals surface area contributed by atoms with E-state index >= 15 is 0 Å². The van der Waals surface area contributed by atoms with Crippen LogP contribution in [0.4, 0.5) is 0 Å². The molecule has 0 bridgehead atoms. The van der Waals surface area contributed by atoms with E-state index in [2.05, 4.69) is 37.8 Å². The minimum atomic E-state index is 0.252. The van der Waals surface area contributed by atoms with Crippen molar-refractivity contribution < 1.29 is 4.42 Å². The van der Waals surface area contributed by atoms with E-state index in [0.717, 1.165) is 42.9 Å². The number of hydrogen-bond donors (Lipinski definition) is 1. The van der Waals surface area contributed by atoms with E-state index in [1.54, 1.807) is 0 Å². The van der Waals surface area contributed by atoms with E-state index in [0.29, 0.717) is 6.54 Å². The highest BCUT2D eigenvalue weighted by Crippen LogP contribution is 2.31. The van der Waals surface area contributed by atoms with Crippen molar-refractivity contribution in [1.29, 1.82) is 0 Å². The van der Waals surface area contributed by atoms with Gasteiger partial charge in [-0.2, -0.15) is 0 Å².